The summed E-state index contributed by atoms with van der Waals surface area (Å²) in [5.41, 5.74) is 1.69. The Kier molecular flexibility index (Phi) is 5.44. The number of carbonyl (C=O) groups excluding carboxylic acids is 1. The van der Waals surface area contributed by atoms with Gasteiger partial charge in [0.2, 0.25) is 0 Å². The van der Waals surface area contributed by atoms with E-state index in [1.165, 1.54) is 0 Å². The number of amides is 1. The van der Waals surface area contributed by atoms with Gasteiger partial charge >= 0.3 is 0 Å². The molecule has 1 aromatic carbocycles. The molecule has 0 bridgehead atoms. The lowest BCUT2D eigenvalue weighted by Gasteiger charge is -2.17. The standard InChI is InChI=1S/C16H20ClN3O2/c1-4-20-9-13(17)14(18-20)10-19(3)16(21)11-22-15-8-6-5-7-12(15)2/h5-9H,4,10-11H2,1-3H3. The quantitative estimate of drug-likeness (QED) is 0.822. The Bertz CT molecular complexity index is 655. The van der Waals surface area contributed by atoms with Crippen LogP contribution in [0.15, 0.2) is 30.5 Å². The molecule has 5 nitrogen and oxygen atoms in total. The highest BCUT2D eigenvalue weighted by molar-refractivity contribution is 6.31. The highest BCUT2D eigenvalue weighted by Gasteiger charge is 2.15. The number of hydrogen-bond acceptors (Lipinski definition) is 3. The van der Waals surface area contributed by atoms with E-state index in [4.69, 9.17) is 16.3 Å². The molecule has 0 aliphatic carbocycles. The maximum absolute atomic E-state index is 12.1. The van der Waals surface area contributed by atoms with E-state index in [-0.39, 0.29) is 12.5 Å². The van der Waals surface area contributed by atoms with Crippen LogP contribution in [0.4, 0.5) is 0 Å². The molecule has 1 heterocycles. The van der Waals surface area contributed by atoms with Gasteiger partial charge in [-0.15, -0.1) is 0 Å². The number of halogens is 1. The molecule has 6 heteroatoms. The van der Waals surface area contributed by atoms with Crippen LogP contribution in [-0.2, 0) is 17.9 Å². The first kappa shape index (κ1) is 16.4. The third kappa shape index (κ3) is 4.01. The average molecular weight is 322 g/mol. The second kappa shape index (κ2) is 7.31. The predicted octanol–water partition coefficient (Wildman–Crippen LogP) is 2.90. The van der Waals surface area contributed by atoms with Crippen LogP contribution >= 0.6 is 11.6 Å². The number of benzene rings is 1. The summed E-state index contributed by atoms with van der Waals surface area (Å²) in [6, 6.07) is 7.61. The summed E-state index contributed by atoms with van der Waals surface area (Å²) < 4.78 is 7.31. The second-order valence-corrected chi connectivity index (χ2v) is 5.49. The van der Waals surface area contributed by atoms with Gasteiger partial charge in [0.05, 0.1) is 11.6 Å². The van der Waals surface area contributed by atoms with Crippen LogP contribution in [0.2, 0.25) is 5.02 Å². The molecule has 0 radical (unpaired) electrons. The van der Waals surface area contributed by atoms with E-state index < -0.39 is 0 Å². The summed E-state index contributed by atoms with van der Waals surface area (Å²) in [6.07, 6.45) is 1.76. The van der Waals surface area contributed by atoms with Crippen LogP contribution in [0.5, 0.6) is 5.75 Å². The van der Waals surface area contributed by atoms with Crippen molar-refractivity contribution in [1.82, 2.24) is 14.7 Å². The smallest absolute Gasteiger partial charge is 0.260 e. The van der Waals surface area contributed by atoms with Crippen LogP contribution < -0.4 is 4.74 Å². The van der Waals surface area contributed by atoms with Crippen molar-refractivity contribution >= 4 is 17.5 Å². The summed E-state index contributed by atoms with van der Waals surface area (Å²) in [6.45, 7) is 5.03. The lowest BCUT2D eigenvalue weighted by molar-refractivity contribution is -0.132. The topological polar surface area (TPSA) is 47.4 Å². The normalized spacial score (nSPS) is 10.5. The zero-order valence-corrected chi connectivity index (χ0v) is 13.8. The SMILES string of the molecule is CCn1cc(Cl)c(CN(C)C(=O)COc2ccccc2C)n1. The van der Waals surface area contributed by atoms with Crippen molar-refractivity contribution in [2.24, 2.45) is 0 Å². The molecule has 22 heavy (non-hydrogen) atoms. The van der Waals surface area contributed by atoms with Crippen molar-refractivity contribution in [3.8, 4) is 5.75 Å². The molecule has 0 unspecified atom stereocenters. The maximum atomic E-state index is 12.1. The number of rotatable bonds is 6. The molecular formula is C16H20ClN3O2. The molecule has 2 aromatic rings. The highest BCUT2D eigenvalue weighted by atomic mass is 35.5. The summed E-state index contributed by atoms with van der Waals surface area (Å²) in [7, 11) is 1.71. The first-order valence-corrected chi connectivity index (χ1v) is 7.53. The van der Waals surface area contributed by atoms with Gasteiger partial charge in [-0.25, -0.2) is 0 Å². The van der Waals surface area contributed by atoms with Gasteiger partial charge in [0, 0.05) is 19.8 Å². The Morgan fingerprint density at radius 1 is 1.41 bits per heavy atom. The molecule has 0 saturated carbocycles. The third-order valence-electron chi connectivity index (χ3n) is 3.37. The largest absolute Gasteiger partial charge is 0.484 e. The number of carbonyl (C=O) groups is 1. The van der Waals surface area contributed by atoms with E-state index in [0.717, 1.165) is 17.9 Å². The molecule has 0 fully saturated rings. The molecule has 1 amide bonds. The number of para-hydroxylation sites is 1. The molecule has 0 saturated heterocycles. The first-order chi connectivity index (χ1) is 10.5. The van der Waals surface area contributed by atoms with Gasteiger partial charge in [0.15, 0.2) is 6.61 Å². The van der Waals surface area contributed by atoms with Gasteiger partial charge in [-0.05, 0) is 25.5 Å². The number of nitrogens with zero attached hydrogens (tertiary/aromatic N) is 3. The molecule has 1 aromatic heterocycles. The zero-order chi connectivity index (χ0) is 16.1. The van der Waals surface area contributed by atoms with Gasteiger partial charge in [-0.1, -0.05) is 29.8 Å². The van der Waals surface area contributed by atoms with E-state index in [9.17, 15) is 4.79 Å². The molecule has 118 valence electrons. The van der Waals surface area contributed by atoms with Gasteiger partial charge in [0.1, 0.15) is 11.4 Å². The molecule has 0 aliphatic heterocycles. The van der Waals surface area contributed by atoms with E-state index in [2.05, 4.69) is 5.10 Å². The Labute approximate surface area is 135 Å². The van der Waals surface area contributed by atoms with E-state index in [1.807, 2.05) is 38.1 Å². The second-order valence-electron chi connectivity index (χ2n) is 5.08. The Balaban J connectivity index is 1.92. The van der Waals surface area contributed by atoms with E-state index >= 15 is 0 Å². The molecule has 0 spiro atoms. The fourth-order valence-corrected chi connectivity index (χ4v) is 2.20. The van der Waals surface area contributed by atoms with E-state index in [1.54, 1.807) is 22.8 Å². The molecule has 0 N–H and O–H groups in total. The lowest BCUT2D eigenvalue weighted by atomic mass is 10.2. The van der Waals surface area contributed by atoms with E-state index in [0.29, 0.717) is 17.3 Å². The maximum Gasteiger partial charge on any atom is 0.260 e. The summed E-state index contributed by atoms with van der Waals surface area (Å²) >= 11 is 6.11. The van der Waals surface area contributed by atoms with Crippen molar-refractivity contribution in [3.05, 3.63) is 46.7 Å². The van der Waals surface area contributed by atoms with Crippen LogP contribution in [-0.4, -0.2) is 34.2 Å². The lowest BCUT2D eigenvalue weighted by Crippen LogP contribution is -2.31. The van der Waals surface area contributed by atoms with Gasteiger partial charge in [-0.3, -0.25) is 9.48 Å². The predicted molar refractivity (Wildman–Crippen MR) is 86.1 cm³/mol. The number of ether oxygens (including phenoxy) is 1. The molecule has 0 aliphatic rings. The van der Waals surface area contributed by atoms with Crippen LogP contribution in [0, 0.1) is 6.92 Å². The first-order valence-electron chi connectivity index (χ1n) is 7.15. The van der Waals surface area contributed by atoms with Crippen LogP contribution in [0.25, 0.3) is 0 Å². The Morgan fingerprint density at radius 2 is 2.14 bits per heavy atom. The van der Waals surface area contributed by atoms with Crippen molar-refractivity contribution in [1.29, 1.82) is 0 Å². The highest BCUT2D eigenvalue weighted by Crippen LogP contribution is 2.17. The van der Waals surface area contributed by atoms with Crippen molar-refractivity contribution in [2.75, 3.05) is 13.7 Å². The van der Waals surface area contributed by atoms with Gasteiger partial charge in [-0.2, -0.15) is 5.10 Å². The summed E-state index contributed by atoms with van der Waals surface area (Å²) in [5, 5.41) is 4.90. The Hall–Kier alpha value is -2.01. The van der Waals surface area contributed by atoms with Crippen LogP contribution in [0.1, 0.15) is 18.2 Å². The average Bonchev–Trinajstić information content (AvgIpc) is 2.86. The van der Waals surface area contributed by atoms with Gasteiger partial charge in [0.25, 0.3) is 5.91 Å². The minimum absolute atomic E-state index is 0.00649. The molecular weight excluding hydrogens is 302 g/mol. The monoisotopic (exact) mass is 321 g/mol. The number of aryl methyl sites for hydroxylation is 2. The molecule has 0 atom stereocenters. The minimum Gasteiger partial charge on any atom is -0.484 e. The number of hydrogen-bond donors (Lipinski definition) is 0. The van der Waals surface area contributed by atoms with Crippen LogP contribution in [0.3, 0.4) is 0 Å². The fraction of sp³-hybridized carbons (Fsp3) is 0.375. The van der Waals surface area contributed by atoms with Crippen molar-refractivity contribution in [2.45, 2.75) is 26.9 Å². The molecule has 2 rings (SSSR count). The van der Waals surface area contributed by atoms with Gasteiger partial charge < -0.3 is 9.64 Å². The number of aromatic nitrogens is 2. The third-order valence-corrected chi connectivity index (χ3v) is 3.68. The van der Waals surface area contributed by atoms with Crippen molar-refractivity contribution in [3.63, 3.8) is 0 Å². The summed E-state index contributed by atoms with van der Waals surface area (Å²) in [5.74, 6) is 0.600. The summed E-state index contributed by atoms with van der Waals surface area (Å²) in [4.78, 5) is 13.7. The van der Waals surface area contributed by atoms with Crippen molar-refractivity contribution < 1.29 is 9.53 Å². The fourth-order valence-electron chi connectivity index (χ4n) is 1.99. The Morgan fingerprint density at radius 3 is 2.77 bits per heavy atom. The zero-order valence-electron chi connectivity index (χ0n) is 13.0. The minimum atomic E-state index is -0.120. The number of likely N-dealkylation sites (N-methyl/N-ethyl adjacent to an activating group) is 1.